The predicted molar refractivity (Wildman–Crippen MR) is 54.9 cm³/mol. The minimum Gasteiger partial charge on any atom is -0.453 e. The number of alkyl carbamates (subject to hydrolysis) is 1. The quantitative estimate of drug-likeness (QED) is 0.621. The Hall–Kier alpha value is -1.03. The van der Waals surface area contributed by atoms with E-state index >= 15 is 0 Å². The molecule has 0 aromatic rings. The number of nitrogens with two attached hydrogens (primary N) is 1. The minimum absolute atomic E-state index is 0.00866. The zero-order chi connectivity index (χ0) is 10.4. The molecule has 3 N–H and O–H groups in total. The van der Waals surface area contributed by atoms with Gasteiger partial charge in [-0.1, -0.05) is 12.2 Å². The number of carbonyl (C=O) groups excluding carboxylic acids is 1. The van der Waals surface area contributed by atoms with Gasteiger partial charge in [0.05, 0.1) is 7.11 Å². The lowest BCUT2D eigenvalue weighted by molar-refractivity contribution is 0.163. The van der Waals surface area contributed by atoms with Crippen molar-refractivity contribution in [2.45, 2.75) is 37.8 Å². The highest BCUT2D eigenvalue weighted by molar-refractivity contribution is 5.67. The average molecular weight is 198 g/mol. The molecule has 0 heterocycles. The number of carbonyl (C=O) groups is 1. The summed E-state index contributed by atoms with van der Waals surface area (Å²) < 4.78 is 4.55. The second kappa shape index (κ2) is 5.65. The lowest BCUT2D eigenvalue weighted by Gasteiger charge is -2.24. The average Bonchev–Trinajstić information content (AvgIpc) is 2.17. The lowest BCUT2D eigenvalue weighted by Crippen LogP contribution is -2.47. The number of hydrogen-bond acceptors (Lipinski definition) is 3. The van der Waals surface area contributed by atoms with Crippen molar-refractivity contribution in [1.82, 2.24) is 5.32 Å². The molecule has 2 atom stereocenters. The first-order valence-corrected chi connectivity index (χ1v) is 4.99. The second-order valence-corrected chi connectivity index (χ2v) is 3.54. The topological polar surface area (TPSA) is 64.3 Å². The van der Waals surface area contributed by atoms with Crippen LogP contribution < -0.4 is 11.1 Å². The summed E-state index contributed by atoms with van der Waals surface area (Å²) in [6, 6.07) is 0.0260. The molecule has 0 aliphatic heterocycles. The van der Waals surface area contributed by atoms with E-state index in [1.807, 2.05) is 0 Å². The SMILES string of the molecule is COC(=O)N[C@@H]1CCC/C=C/C[C@@H]1N. The van der Waals surface area contributed by atoms with E-state index in [0.717, 1.165) is 25.7 Å². The maximum atomic E-state index is 11.0. The third kappa shape index (κ3) is 3.38. The van der Waals surface area contributed by atoms with Crippen molar-refractivity contribution in [3.63, 3.8) is 0 Å². The number of hydrogen-bond donors (Lipinski definition) is 2. The molecule has 80 valence electrons. The third-order valence-electron chi connectivity index (χ3n) is 2.47. The van der Waals surface area contributed by atoms with Gasteiger partial charge in [-0.05, 0) is 25.7 Å². The van der Waals surface area contributed by atoms with Crippen molar-refractivity contribution in [2.24, 2.45) is 5.73 Å². The first kappa shape index (κ1) is 11.0. The summed E-state index contributed by atoms with van der Waals surface area (Å²) >= 11 is 0. The van der Waals surface area contributed by atoms with Crippen molar-refractivity contribution in [1.29, 1.82) is 0 Å². The Morgan fingerprint density at radius 3 is 3.07 bits per heavy atom. The Kier molecular flexibility index (Phi) is 4.46. The maximum Gasteiger partial charge on any atom is 0.407 e. The predicted octanol–water partition coefficient (Wildman–Crippen LogP) is 1.17. The highest BCUT2D eigenvalue weighted by Crippen LogP contribution is 2.11. The van der Waals surface area contributed by atoms with E-state index in [2.05, 4.69) is 22.2 Å². The van der Waals surface area contributed by atoms with Crippen LogP contribution in [-0.2, 0) is 4.74 Å². The largest absolute Gasteiger partial charge is 0.453 e. The molecule has 0 fully saturated rings. The van der Waals surface area contributed by atoms with Crippen molar-refractivity contribution in [3.05, 3.63) is 12.2 Å². The molecule has 0 aromatic carbocycles. The molecule has 1 rings (SSSR count). The molecule has 0 saturated carbocycles. The third-order valence-corrected chi connectivity index (χ3v) is 2.47. The summed E-state index contributed by atoms with van der Waals surface area (Å²) in [7, 11) is 1.36. The van der Waals surface area contributed by atoms with Gasteiger partial charge in [0.25, 0.3) is 0 Å². The van der Waals surface area contributed by atoms with Gasteiger partial charge in [-0.3, -0.25) is 0 Å². The summed E-state index contributed by atoms with van der Waals surface area (Å²) in [6.45, 7) is 0. The fraction of sp³-hybridized carbons (Fsp3) is 0.700. The van der Waals surface area contributed by atoms with E-state index in [-0.39, 0.29) is 12.1 Å². The van der Waals surface area contributed by atoms with Crippen LogP contribution in [0, 0.1) is 0 Å². The van der Waals surface area contributed by atoms with Crippen molar-refractivity contribution in [3.8, 4) is 0 Å². The molecule has 1 amide bonds. The summed E-state index contributed by atoms with van der Waals surface area (Å²) in [5.74, 6) is 0. The van der Waals surface area contributed by atoms with Crippen LogP contribution >= 0.6 is 0 Å². The molecule has 0 unspecified atom stereocenters. The van der Waals surface area contributed by atoms with Gasteiger partial charge in [-0.25, -0.2) is 4.79 Å². The molecule has 0 radical (unpaired) electrons. The summed E-state index contributed by atoms with van der Waals surface area (Å²) in [5.41, 5.74) is 5.93. The fourth-order valence-corrected chi connectivity index (χ4v) is 1.59. The number of nitrogens with one attached hydrogen (secondary N) is 1. The van der Waals surface area contributed by atoms with E-state index in [1.165, 1.54) is 7.11 Å². The van der Waals surface area contributed by atoms with Crippen LogP contribution in [0.3, 0.4) is 0 Å². The molecule has 0 spiro atoms. The maximum absolute atomic E-state index is 11.0. The highest BCUT2D eigenvalue weighted by Gasteiger charge is 2.19. The van der Waals surface area contributed by atoms with Gasteiger partial charge in [-0.2, -0.15) is 0 Å². The molecule has 0 saturated heterocycles. The van der Waals surface area contributed by atoms with Gasteiger partial charge >= 0.3 is 6.09 Å². The Morgan fingerprint density at radius 2 is 2.36 bits per heavy atom. The molecular weight excluding hydrogens is 180 g/mol. The first-order chi connectivity index (χ1) is 6.74. The van der Waals surface area contributed by atoms with Crippen molar-refractivity contribution in [2.75, 3.05) is 7.11 Å². The van der Waals surface area contributed by atoms with Crippen molar-refractivity contribution >= 4 is 6.09 Å². The van der Waals surface area contributed by atoms with Crippen LogP contribution in [-0.4, -0.2) is 25.3 Å². The van der Waals surface area contributed by atoms with E-state index in [9.17, 15) is 4.79 Å². The van der Waals surface area contributed by atoms with E-state index in [0.29, 0.717) is 0 Å². The van der Waals surface area contributed by atoms with Crippen LogP contribution in [0.1, 0.15) is 25.7 Å². The van der Waals surface area contributed by atoms with Crippen LogP contribution in [0.4, 0.5) is 4.79 Å². The molecule has 1 aliphatic carbocycles. The van der Waals surface area contributed by atoms with Crippen LogP contribution in [0.2, 0.25) is 0 Å². The van der Waals surface area contributed by atoms with Gasteiger partial charge in [0.1, 0.15) is 0 Å². The molecule has 0 bridgehead atoms. The molecular formula is C10H18N2O2. The van der Waals surface area contributed by atoms with Gasteiger partial charge in [-0.15, -0.1) is 0 Å². The second-order valence-electron chi connectivity index (χ2n) is 3.54. The fourth-order valence-electron chi connectivity index (χ4n) is 1.59. The van der Waals surface area contributed by atoms with Gasteiger partial charge in [0.15, 0.2) is 0 Å². The summed E-state index contributed by atoms with van der Waals surface area (Å²) in [6.07, 6.45) is 7.68. The Labute approximate surface area is 84.5 Å². The van der Waals surface area contributed by atoms with E-state index in [4.69, 9.17) is 5.73 Å². The standard InChI is InChI=1S/C10H18N2O2/c1-14-10(13)12-9-7-5-3-2-4-6-8(9)11/h2,4,8-9H,3,5-7,11H2,1H3,(H,12,13)/b4-2+/t8-,9+/m0/s1. The van der Waals surface area contributed by atoms with Crippen LogP contribution in [0.15, 0.2) is 12.2 Å². The van der Waals surface area contributed by atoms with E-state index in [1.54, 1.807) is 0 Å². The Balaban J connectivity index is 2.47. The normalized spacial score (nSPS) is 29.9. The van der Waals surface area contributed by atoms with E-state index < -0.39 is 6.09 Å². The summed E-state index contributed by atoms with van der Waals surface area (Å²) in [4.78, 5) is 11.0. The van der Waals surface area contributed by atoms with Crippen LogP contribution in [0.25, 0.3) is 0 Å². The Morgan fingerprint density at radius 1 is 1.57 bits per heavy atom. The molecule has 1 aliphatic rings. The molecule has 4 nitrogen and oxygen atoms in total. The zero-order valence-electron chi connectivity index (χ0n) is 8.53. The number of rotatable bonds is 1. The number of amides is 1. The number of allylic oxidation sites excluding steroid dienone is 1. The minimum atomic E-state index is -0.394. The zero-order valence-corrected chi connectivity index (χ0v) is 8.53. The van der Waals surface area contributed by atoms with Gasteiger partial charge in [0, 0.05) is 12.1 Å². The van der Waals surface area contributed by atoms with Crippen molar-refractivity contribution < 1.29 is 9.53 Å². The molecule has 4 heteroatoms. The summed E-state index contributed by atoms with van der Waals surface area (Å²) in [5, 5.41) is 2.77. The lowest BCUT2D eigenvalue weighted by atomic mass is 9.97. The first-order valence-electron chi connectivity index (χ1n) is 4.99. The Bertz CT molecular complexity index is 216. The molecule has 0 aromatic heterocycles. The van der Waals surface area contributed by atoms with Gasteiger partial charge < -0.3 is 15.8 Å². The number of methoxy groups -OCH3 is 1. The highest BCUT2D eigenvalue weighted by atomic mass is 16.5. The number of ether oxygens (including phenoxy) is 1. The monoisotopic (exact) mass is 198 g/mol. The smallest absolute Gasteiger partial charge is 0.407 e. The molecule has 14 heavy (non-hydrogen) atoms. The van der Waals surface area contributed by atoms with Crippen LogP contribution in [0.5, 0.6) is 0 Å². The van der Waals surface area contributed by atoms with Gasteiger partial charge in [0.2, 0.25) is 0 Å².